The van der Waals surface area contributed by atoms with E-state index in [0.717, 1.165) is 6.42 Å². The second-order valence-electron chi connectivity index (χ2n) is 5.06. The highest BCUT2D eigenvalue weighted by molar-refractivity contribution is 6.31. The van der Waals surface area contributed by atoms with Gasteiger partial charge in [-0.25, -0.2) is 4.39 Å². The molecule has 0 bridgehead atoms. The summed E-state index contributed by atoms with van der Waals surface area (Å²) in [5.41, 5.74) is 3.12. The van der Waals surface area contributed by atoms with Crippen LogP contribution in [0.25, 0.3) is 0 Å². The smallest absolute Gasteiger partial charge is 0.123 e. The lowest BCUT2D eigenvalue weighted by atomic mass is 9.99. The quantitative estimate of drug-likeness (QED) is 0.870. The zero-order valence-corrected chi connectivity index (χ0v) is 12.2. The fourth-order valence-electron chi connectivity index (χ4n) is 2.27. The lowest BCUT2D eigenvalue weighted by Gasteiger charge is -2.13. The first-order chi connectivity index (χ1) is 9.56. The molecule has 106 valence electrons. The molecule has 0 radical (unpaired) electrons. The van der Waals surface area contributed by atoms with Gasteiger partial charge in [0.05, 0.1) is 6.10 Å². The first-order valence-electron chi connectivity index (χ1n) is 6.73. The largest absolute Gasteiger partial charge is 0.393 e. The second kappa shape index (κ2) is 6.87. The van der Waals surface area contributed by atoms with Gasteiger partial charge in [-0.2, -0.15) is 0 Å². The van der Waals surface area contributed by atoms with Gasteiger partial charge in [-0.05, 0) is 61.1 Å². The molecule has 20 heavy (non-hydrogen) atoms. The number of rotatable bonds is 5. The summed E-state index contributed by atoms with van der Waals surface area (Å²) in [5, 5.41) is 10.6. The van der Waals surface area contributed by atoms with Crippen molar-refractivity contribution in [3.63, 3.8) is 0 Å². The molecule has 0 aliphatic rings. The molecule has 0 heterocycles. The van der Waals surface area contributed by atoms with Crippen molar-refractivity contribution < 1.29 is 9.50 Å². The van der Waals surface area contributed by atoms with Crippen LogP contribution in [-0.4, -0.2) is 11.2 Å². The van der Waals surface area contributed by atoms with E-state index in [4.69, 9.17) is 11.6 Å². The first kappa shape index (κ1) is 15.0. The van der Waals surface area contributed by atoms with Crippen molar-refractivity contribution >= 4 is 11.6 Å². The Kier molecular flexibility index (Phi) is 5.16. The molecule has 1 N–H and O–H groups in total. The molecule has 0 saturated carbocycles. The molecular weight excluding hydrogens is 275 g/mol. The van der Waals surface area contributed by atoms with Crippen LogP contribution in [0.2, 0.25) is 5.02 Å². The summed E-state index contributed by atoms with van der Waals surface area (Å²) in [6, 6.07) is 12.4. The molecule has 0 aromatic heterocycles. The summed E-state index contributed by atoms with van der Waals surface area (Å²) >= 11 is 6.00. The maximum atomic E-state index is 13.2. The standard InChI is InChI=1S/C17H18ClFO/c1-12-4-2-3-5-13(12)6-8-16(20)11-14-10-15(19)7-9-17(14)18/h2-5,7,9-10,16,20H,6,8,11H2,1H3. The third-order valence-corrected chi connectivity index (χ3v) is 3.84. The Morgan fingerprint density at radius 3 is 2.65 bits per heavy atom. The molecule has 0 spiro atoms. The van der Waals surface area contributed by atoms with Crippen LogP contribution >= 0.6 is 11.6 Å². The van der Waals surface area contributed by atoms with Crippen LogP contribution in [0.3, 0.4) is 0 Å². The van der Waals surface area contributed by atoms with Crippen molar-refractivity contribution in [2.45, 2.75) is 32.3 Å². The average molecular weight is 293 g/mol. The monoisotopic (exact) mass is 292 g/mol. The second-order valence-corrected chi connectivity index (χ2v) is 5.47. The van der Waals surface area contributed by atoms with Crippen LogP contribution in [0.4, 0.5) is 4.39 Å². The highest BCUT2D eigenvalue weighted by atomic mass is 35.5. The number of aliphatic hydroxyl groups excluding tert-OH is 1. The molecule has 2 rings (SSSR count). The fraction of sp³-hybridized carbons (Fsp3) is 0.294. The molecular formula is C17H18ClFO. The lowest BCUT2D eigenvalue weighted by Crippen LogP contribution is -2.12. The van der Waals surface area contributed by atoms with Gasteiger partial charge in [0.15, 0.2) is 0 Å². The first-order valence-corrected chi connectivity index (χ1v) is 7.10. The molecule has 0 aliphatic heterocycles. The molecule has 0 fully saturated rings. The minimum absolute atomic E-state index is 0.324. The van der Waals surface area contributed by atoms with Crippen LogP contribution in [-0.2, 0) is 12.8 Å². The average Bonchev–Trinajstić information content (AvgIpc) is 2.42. The maximum absolute atomic E-state index is 13.2. The van der Waals surface area contributed by atoms with E-state index in [9.17, 15) is 9.50 Å². The zero-order valence-electron chi connectivity index (χ0n) is 11.4. The van der Waals surface area contributed by atoms with Gasteiger partial charge in [-0.15, -0.1) is 0 Å². The molecule has 1 nitrogen and oxygen atoms in total. The van der Waals surface area contributed by atoms with E-state index in [-0.39, 0.29) is 5.82 Å². The van der Waals surface area contributed by atoms with E-state index in [1.165, 1.54) is 29.3 Å². The predicted molar refractivity (Wildman–Crippen MR) is 80.6 cm³/mol. The summed E-state index contributed by atoms with van der Waals surface area (Å²) in [5.74, 6) is -0.324. The Labute approximate surface area is 124 Å². The van der Waals surface area contributed by atoms with Crippen LogP contribution in [0.15, 0.2) is 42.5 Å². The van der Waals surface area contributed by atoms with Gasteiger partial charge >= 0.3 is 0 Å². The Morgan fingerprint density at radius 1 is 1.15 bits per heavy atom. The number of hydrogen-bond acceptors (Lipinski definition) is 1. The minimum atomic E-state index is -0.520. The van der Waals surface area contributed by atoms with Crippen LogP contribution < -0.4 is 0 Å². The number of benzene rings is 2. The molecule has 1 atom stereocenters. The van der Waals surface area contributed by atoms with Gasteiger partial charge < -0.3 is 5.11 Å². The molecule has 0 amide bonds. The summed E-state index contributed by atoms with van der Waals surface area (Å²) in [7, 11) is 0. The van der Waals surface area contributed by atoms with Crippen molar-refractivity contribution in [2.24, 2.45) is 0 Å². The maximum Gasteiger partial charge on any atom is 0.123 e. The lowest BCUT2D eigenvalue weighted by molar-refractivity contribution is 0.165. The molecule has 0 saturated heterocycles. The van der Waals surface area contributed by atoms with E-state index in [1.807, 2.05) is 12.1 Å². The van der Waals surface area contributed by atoms with Gasteiger partial charge in [0.2, 0.25) is 0 Å². The Bertz CT molecular complexity index is 583. The van der Waals surface area contributed by atoms with E-state index >= 15 is 0 Å². The minimum Gasteiger partial charge on any atom is -0.393 e. The highest BCUT2D eigenvalue weighted by Crippen LogP contribution is 2.20. The highest BCUT2D eigenvalue weighted by Gasteiger charge is 2.10. The number of aryl methyl sites for hydroxylation is 2. The molecule has 2 aromatic carbocycles. The summed E-state index contributed by atoms with van der Waals surface area (Å²) in [6.45, 7) is 2.06. The van der Waals surface area contributed by atoms with Gasteiger partial charge in [0.25, 0.3) is 0 Å². The molecule has 0 aliphatic carbocycles. The Balaban J connectivity index is 1.94. The van der Waals surface area contributed by atoms with Crippen LogP contribution in [0, 0.1) is 12.7 Å². The fourth-order valence-corrected chi connectivity index (χ4v) is 2.46. The Morgan fingerprint density at radius 2 is 1.90 bits per heavy atom. The normalized spacial score (nSPS) is 12.4. The van der Waals surface area contributed by atoms with Crippen LogP contribution in [0.1, 0.15) is 23.1 Å². The summed E-state index contributed by atoms with van der Waals surface area (Å²) < 4.78 is 13.2. The zero-order chi connectivity index (χ0) is 14.5. The number of hydrogen-bond donors (Lipinski definition) is 1. The summed E-state index contributed by atoms with van der Waals surface area (Å²) in [6.07, 6.45) is 1.30. The van der Waals surface area contributed by atoms with E-state index in [1.54, 1.807) is 0 Å². The van der Waals surface area contributed by atoms with Crippen molar-refractivity contribution in [2.75, 3.05) is 0 Å². The van der Waals surface area contributed by atoms with Gasteiger partial charge in [0.1, 0.15) is 5.82 Å². The van der Waals surface area contributed by atoms with Crippen molar-refractivity contribution in [1.82, 2.24) is 0 Å². The number of aliphatic hydroxyl groups is 1. The predicted octanol–water partition coefficient (Wildman–Crippen LogP) is 4.32. The van der Waals surface area contributed by atoms with E-state index < -0.39 is 6.10 Å². The SMILES string of the molecule is Cc1ccccc1CCC(O)Cc1cc(F)ccc1Cl. The van der Waals surface area contributed by atoms with E-state index in [0.29, 0.717) is 23.4 Å². The third kappa shape index (κ3) is 4.06. The van der Waals surface area contributed by atoms with Crippen molar-refractivity contribution in [1.29, 1.82) is 0 Å². The van der Waals surface area contributed by atoms with Gasteiger partial charge in [-0.1, -0.05) is 35.9 Å². The molecule has 3 heteroatoms. The van der Waals surface area contributed by atoms with Crippen molar-refractivity contribution in [3.05, 3.63) is 70.0 Å². The number of halogens is 2. The van der Waals surface area contributed by atoms with E-state index in [2.05, 4.69) is 19.1 Å². The van der Waals surface area contributed by atoms with Gasteiger partial charge in [-0.3, -0.25) is 0 Å². The molecule has 1 unspecified atom stereocenters. The summed E-state index contributed by atoms with van der Waals surface area (Å²) in [4.78, 5) is 0. The molecule has 2 aromatic rings. The topological polar surface area (TPSA) is 20.2 Å². The third-order valence-electron chi connectivity index (χ3n) is 3.47. The van der Waals surface area contributed by atoms with Crippen LogP contribution in [0.5, 0.6) is 0 Å². The van der Waals surface area contributed by atoms with Crippen molar-refractivity contribution in [3.8, 4) is 0 Å². The Hall–Kier alpha value is -1.38. The van der Waals surface area contributed by atoms with Gasteiger partial charge in [0, 0.05) is 5.02 Å².